The van der Waals surface area contributed by atoms with Gasteiger partial charge in [-0.3, -0.25) is 0 Å². The first-order valence-corrected chi connectivity index (χ1v) is 15.6. The molecule has 0 spiro atoms. The highest BCUT2D eigenvalue weighted by molar-refractivity contribution is 5.68. The molecule has 0 radical (unpaired) electrons. The monoisotopic (exact) mass is 574 g/mol. The van der Waals surface area contributed by atoms with Gasteiger partial charge in [-0.25, -0.2) is 0 Å². The van der Waals surface area contributed by atoms with Gasteiger partial charge in [0.25, 0.3) is 0 Å². The Kier molecular flexibility index (Phi) is 11.5. The highest BCUT2D eigenvalue weighted by Crippen LogP contribution is 2.26. The third-order valence-electron chi connectivity index (χ3n) is 8.01. The molecule has 0 aliphatic rings. The standard InChI is InChI=1S/C16H18.2C14H14/c1-11-5-8-16(14(4)9-11)15-7-6-12(2)13(3)10-15;1-11-3-7-13(8-4-11)14-9-5-12(2)6-10-14;1-12-7-9-14(10-8-12)11-13-5-3-2-4-6-13/h5-10H,1-4H3;3-10H,1-2H3;2-10H,11H2,1H3. The normalized spacial score (nSPS) is 10.2. The Bertz CT molecular complexity index is 1690. The van der Waals surface area contributed by atoms with Gasteiger partial charge in [-0.2, -0.15) is 0 Å². The minimum Gasteiger partial charge on any atom is -0.0622 e. The molecule has 0 amide bonds. The molecule has 0 saturated carbocycles. The van der Waals surface area contributed by atoms with Gasteiger partial charge < -0.3 is 0 Å². The topological polar surface area (TPSA) is 0 Å². The van der Waals surface area contributed by atoms with Crippen LogP contribution in [0.2, 0.25) is 0 Å². The molecule has 0 N–H and O–H groups in total. The van der Waals surface area contributed by atoms with Gasteiger partial charge in [0.15, 0.2) is 0 Å². The maximum atomic E-state index is 2.27. The van der Waals surface area contributed by atoms with Crippen LogP contribution in [0, 0.1) is 48.5 Å². The molecule has 0 aromatic heterocycles. The minimum absolute atomic E-state index is 1.03. The third-order valence-corrected chi connectivity index (χ3v) is 8.01. The predicted molar refractivity (Wildman–Crippen MR) is 193 cm³/mol. The summed E-state index contributed by atoms with van der Waals surface area (Å²) in [5, 5.41) is 0. The van der Waals surface area contributed by atoms with E-state index in [-0.39, 0.29) is 0 Å². The van der Waals surface area contributed by atoms with E-state index in [9.17, 15) is 0 Å². The van der Waals surface area contributed by atoms with Crippen molar-refractivity contribution in [2.24, 2.45) is 0 Å². The van der Waals surface area contributed by atoms with Gasteiger partial charge in [0.05, 0.1) is 0 Å². The van der Waals surface area contributed by atoms with Gasteiger partial charge in [-0.1, -0.05) is 162 Å². The van der Waals surface area contributed by atoms with Crippen LogP contribution in [-0.4, -0.2) is 0 Å². The fourth-order valence-corrected chi connectivity index (χ4v) is 5.08. The van der Waals surface area contributed by atoms with Crippen LogP contribution in [0.3, 0.4) is 0 Å². The molecule has 44 heavy (non-hydrogen) atoms. The van der Waals surface area contributed by atoms with Gasteiger partial charge in [0, 0.05) is 0 Å². The molecule has 0 unspecified atom stereocenters. The van der Waals surface area contributed by atoms with Gasteiger partial charge in [-0.15, -0.1) is 0 Å². The number of benzene rings is 6. The quantitative estimate of drug-likeness (QED) is 0.196. The summed E-state index contributed by atoms with van der Waals surface area (Å²) in [5.74, 6) is 0. The Morgan fingerprint density at radius 3 is 1.27 bits per heavy atom. The minimum atomic E-state index is 1.03. The SMILES string of the molecule is Cc1ccc(-c2ccc(C)c(C)c2)c(C)c1.Cc1ccc(-c2ccc(C)cc2)cc1.Cc1ccc(Cc2ccccc2)cc1. The molecule has 0 nitrogen and oxygen atoms in total. The van der Waals surface area contributed by atoms with E-state index in [1.165, 1.54) is 72.3 Å². The Hall–Kier alpha value is -4.68. The average Bonchev–Trinajstić information content (AvgIpc) is 3.02. The van der Waals surface area contributed by atoms with Crippen molar-refractivity contribution < 1.29 is 0 Å². The van der Waals surface area contributed by atoms with E-state index in [1.807, 2.05) is 0 Å². The smallest absolute Gasteiger partial charge is 0.00258 e. The summed E-state index contributed by atoms with van der Waals surface area (Å²) in [6.45, 7) is 15.0. The lowest BCUT2D eigenvalue weighted by Crippen LogP contribution is -1.87. The van der Waals surface area contributed by atoms with E-state index in [0.29, 0.717) is 0 Å². The Labute approximate surface area is 266 Å². The summed E-state index contributed by atoms with van der Waals surface area (Å²) in [6, 6.07) is 49.9. The van der Waals surface area contributed by atoms with Crippen LogP contribution in [-0.2, 0) is 6.42 Å². The molecule has 0 heterocycles. The van der Waals surface area contributed by atoms with E-state index in [1.54, 1.807) is 0 Å². The van der Waals surface area contributed by atoms with Crippen LogP contribution < -0.4 is 0 Å². The van der Waals surface area contributed by atoms with Gasteiger partial charge in [0.2, 0.25) is 0 Å². The number of aryl methyl sites for hydroxylation is 7. The molecular weight excluding hydrogens is 528 g/mol. The van der Waals surface area contributed by atoms with Gasteiger partial charge in [0.1, 0.15) is 0 Å². The summed E-state index contributed by atoms with van der Waals surface area (Å²) in [6.07, 6.45) is 1.03. The van der Waals surface area contributed by atoms with Crippen LogP contribution >= 0.6 is 0 Å². The van der Waals surface area contributed by atoms with E-state index in [2.05, 4.69) is 188 Å². The zero-order valence-electron chi connectivity index (χ0n) is 27.5. The van der Waals surface area contributed by atoms with Crippen molar-refractivity contribution >= 4 is 0 Å². The van der Waals surface area contributed by atoms with Crippen molar-refractivity contribution in [3.63, 3.8) is 0 Å². The molecule has 0 saturated heterocycles. The zero-order chi connectivity index (χ0) is 31.5. The lowest BCUT2D eigenvalue weighted by atomic mass is 9.96. The maximum Gasteiger partial charge on any atom is -0.00258 e. The fraction of sp³-hybridized carbons (Fsp3) is 0.182. The summed E-state index contributed by atoms with van der Waals surface area (Å²) < 4.78 is 0. The highest BCUT2D eigenvalue weighted by atomic mass is 14.1. The zero-order valence-corrected chi connectivity index (χ0v) is 27.5. The second-order valence-electron chi connectivity index (χ2n) is 12.0. The van der Waals surface area contributed by atoms with E-state index >= 15 is 0 Å². The van der Waals surface area contributed by atoms with Crippen LogP contribution in [0.4, 0.5) is 0 Å². The van der Waals surface area contributed by atoms with Crippen molar-refractivity contribution in [1.29, 1.82) is 0 Å². The molecule has 0 aliphatic carbocycles. The summed E-state index contributed by atoms with van der Waals surface area (Å²) in [5.41, 5.74) is 17.3. The molecule has 222 valence electrons. The van der Waals surface area contributed by atoms with Crippen molar-refractivity contribution in [2.45, 2.75) is 54.9 Å². The molecule has 0 bridgehead atoms. The Balaban J connectivity index is 0.000000151. The van der Waals surface area contributed by atoms with Crippen LogP contribution in [0.25, 0.3) is 22.3 Å². The lowest BCUT2D eigenvalue weighted by Gasteiger charge is -2.09. The van der Waals surface area contributed by atoms with Crippen molar-refractivity contribution in [1.82, 2.24) is 0 Å². The van der Waals surface area contributed by atoms with Crippen LogP contribution in [0.1, 0.15) is 50.1 Å². The first-order valence-electron chi connectivity index (χ1n) is 15.6. The molecule has 6 rings (SSSR count). The molecule has 0 heteroatoms. The predicted octanol–water partition coefficient (Wildman–Crippen LogP) is 12.1. The summed E-state index contributed by atoms with van der Waals surface area (Å²) in [4.78, 5) is 0. The first-order chi connectivity index (χ1) is 21.2. The van der Waals surface area contributed by atoms with Crippen LogP contribution in [0.5, 0.6) is 0 Å². The largest absolute Gasteiger partial charge is 0.0622 e. The molecule has 6 aromatic rings. The lowest BCUT2D eigenvalue weighted by molar-refractivity contribution is 1.19. The molecule has 0 aliphatic heterocycles. The molecule has 0 atom stereocenters. The number of rotatable bonds is 4. The highest BCUT2D eigenvalue weighted by Gasteiger charge is 2.03. The molecule has 0 fully saturated rings. The van der Waals surface area contributed by atoms with Crippen molar-refractivity contribution in [3.05, 3.63) is 190 Å². The van der Waals surface area contributed by atoms with Crippen molar-refractivity contribution in [2.75, 3.05) is 0 Å². The van der Waals surface area contributed by atoms with E-state index in [0.717, 1.165) is 6.42 Å². The molecular formula is C44H46. The second kappa shape index (κ2) is 15.7. The second-order valence-corrected chi connectivity index (χ2v) is 12.0. The fourth-order valence-electron chi connectivity index (χ4n) is 5.08. The number of hydrogen-bond donors (Lipinski definition) is 0. The Morgan fingerprint density at radius 1 is 0.318 bits per heavy atom. The van der Waals surface area contributed by atoms with E-state index < -0.39 is 0 Å². The molecule has 6 aromatic carbocycles. The maximum absolute atomic E-state index is 2.27. The van der Waals surface area contributed by atoms with E-state index in [4.69, 9.17) is 0 Å². The Morgan fingerprint density at radius 2 is 0.773 bits per heavy atom. The van der Waals surface area contributed by atoms with Gasteiger partial charge >= 0.3 is 0 Å². The third kappa shape index (κ3) is 9.68. The summed E-state index contributed by atoms with van der Waals surface area (Å²) in [7, 11) is 0. The van der Waals surface area contributed by atoms with Crippen molar-refractivity contribution in [3.8, 4) is 22.3 Å². The first kappa shape index (κ1) is 32.2. The van der Waals surface area contributed by atoms with Crippen LogP contribution in [0.15, 0.2) is 140 Å². The number of hydrogen-bond acceptors (Lipinski definition) is 0. The summed E-state index contributed by atoms with van der Waals surface area (Å²) >= 11 is 0. The van der Waals surface area contributed by atoms with Gasteiger partial charge in [-0.05, 0) is 105 Å². The average molecular weight is 575 g/mol.